The molecule has 1 atom stereocenters. The molecule has 0 bridgehead atoms. The van der Waals surface area contributed by atoms with Crippen molar-refractivity contribution in [1.82, 2.24) is 4.90 Å². The summed E-state index contributed by atoms with van der Waals surface area (Å²) in [6, 6.07) is 10.3. The summed E-state index contributed by atoms with van der Waals surface area (Å²) in [5, 5.41) is 8.83. The SMILES string of the molecule is COc1cccc(C2COCCN2CC#N)c1. The second kappa shape index (κ2) is 5.67. The first-order valence-corrected chi connectivity index (χ1v) is 5.68. The van der Waals surface area contributed by atoms with Gasteiger partial charge in [0.05, 0.1) is 39.0 Å². The van der Waals surface area contributed by atoms with Crippen LogP contribution >= 0.6 is 0 Å². The molecule has 0 radical (unpaired) electrons. The van der Waals surface area contributed by atoms with Crippen molar-refractivity contribution < 1.29 is 9.47 Å². The molecular formula is C13H16N2O2. The van der Waals surface area contributed by atoms with Gasteiger partial charge in [-0.3, -0.25) is 4.90 Å². The van der Waals surface area contributed by atoms with E-state index in [2.05, 4.69) is 11.0 Å². The zero-order chi connectivity index (χ0) is 12.1. The molecular weight excluding hydrogens is 216 g/mol. The molecule has 1 fully saturated rings. The molecule has 0 saturated carbocycles. The molecule has 1 aromatic rings. The van der Waals surface area contributed by atoms with Gasteiger partial charge in [-0.05, 0) is 17.7 Å². The molecule has 1 aliphatic rings. The van der Waals surface area contributed by atoms with Crippen molar-refractivity contribution in [1.29, 1.82) is 5.26 Å². The minimum Gasteiger partial charge on any atom is -0.497 e. The highest BCUT2D eigenvalue weighted by Crippen LogP contribution is 2.26. The quantitative estimate of drug-likeness (QED) is 0.742. The van der Waals surface area contributed by atoms with Crippen LogP contribution in [-0.4, -0.2) is 38.3 Å². The maximum absolute atomic E-state index is 8.83. The molecule has 1 heterocycles. The third kappa shape index (κ3) is 2.76. The molecule has 0 aromatic heterocycles. The lowest BCUT2D eigenvalue weighted by atomic mass is 10.0. The van der Waals surface area contributed by atoms with Crippen molar-refractivity contribution >= 4 is 0 Å². The van der Waals surface area contributed by atoms with E-state index in [-0.39, 0.29) is 6.04 Å². The molecule has 0 N–H and O–H groups in total. The Kier molecular flexibility index (Phi) is 3.97. The summed E-state index contributed by atoms with van der Waals surface area (Å²) in [5.41, 5.74) is 1.14. The van der Waals surface area contributed by atoms with Crippen LogP contribution in [0, 0.1) is 11.3 Å². The lowest BCUT2D eigenvalue weighted by molar-refractivity contribution is -0.00184. The van der Waals surface area contributed by atoms with Gasteiger partial charge in [-0.1, -0.05) is 12.1 Å². The predicted molar refractivity (Wildman–Crippen MR) is 63.7 cm³/mol. The van der Waals surface area contributed by atoms with Crippen molar-refractivity contribution in [2.75, 3.05) is 33.4 Å². The van der Waals surface area contributed by atoms with Gasteiger partial charge in [0, 0.05) is 6.54 Å². The number of nitriles is 1. The first-order valence-electron chi connectivity index (χ1n) is 5.68. The van der Waals surface area contributed by atoms with E-state index in [1.807, 2.05) is 24.3 Å². The van der Waals surface area contributed by atoms with Crippen LogP contribution < -0.4 is 4.74 Å². The van der Waals surface area contributed by atoms with Gasteiger partial charge in [0.1, 0.15) is 5.75 Å². The number of benzene rings is 1. The van der Waals surface area contributed by atoms with Crippen molar-refractivity contribution in [3.05, 3.63) is 29.8 Å². The Morgan fingerprint density at radius 2 is 2.47 bits per heavy atom. The van der Waals surface area contributed by atoms with E-state index < -0.39 is 0 Å². The summed E-state index contributed by atoms with van der Waals surface area (Å²) >= 11 is 0. The van der Waals surface area contributed by atoms with E-state index in [0.717, 1.165) is 17.9 Å². The first-order chi connectivity index (χ1) is 8.35. The van der Waals surface area contributed by atoms with Crippen molar-refractivity contribution in [3.8, 4) is 11.8 Å². The van der Waals surface area contributed by atoms with E-state index in [1.54, 1.807) is 7.11 Å². The topological polar surface area (TPSA) is 45.5 Å². The van der Waals surface area contributed by atoms with Crippen molar-refractivity contribution in [2.24, 2.45) is 0 Å². The standard InChI is InChI=1S/C13H16N2O2/c1-16-12-4-2-3-11(9-12)13-10-17-8-7-15(13)6-5-14/h2-4,9,13H,6-8,10H2,1H3. The van der Waals surface area contributed by atoms with E-state index in [9.17, 15) is 0 Å². The lowest BCUT2D eigenvalue weighted by Crippen LogP contribution is -2.39. The largest absolute Gasteiger partial charge is 0.497 e. The van der Waals surface area contributed by atoms with E-state index in [4.69, 9.17) is 14.7 Å². The van der Waals surface area contributed by atoms with Gasteiger partial charge in [0.2, 0.25) is 0 Å². The normalized spacial score (nSPS) is 20.8. The Labute approximate surface area is 101 Å². The maximum Gasteiger partial charge on any atom is 0.119 e. The van der Waals surface area contributed by atoms with E-state index in [0.29, 0.717) is 19.8 Å². The van der Waals surface area contributed by atoms with Crippen LogP contribution in [0.25, 0.3) is 0 Å². The Hall–Kier alpha value is -1.57. The van der Waals surface area contributed by atoms with Crippen LogP contribution in [0.5, 0.6) is 5.75 Å². The van der Waals surface area contributed by atoms with Gasteiger partial charge in [0.15, 0.2) is 0 Å². The van der Waals surface area contributed by atoms with Crippen molar-refractivity contribution in [3.63, 3.8) is 0 Å². The van der Waals surface area contributed by atoms with Crippen molar-refractivity contribution in [2.45, 2.75) is 6.04 Å². The van der Waals surface area contributed by atoms with Gasteiger partial charge in [-0.25, -0.2) is 0 Å². The molecule has 2 rings (SSSR count). The van der Waals surface area contributed by atoms with Gasteiger partial charge in [-0.15, -0.1) is 0 Å². The zero-order valence-corrected chi connectivity index (χ0v) is 9.93. The molecule has 1 unspecified atom stereocenters. The number of ether oxygens (including phenoxy) is 2. The van der Waals surface area contributed by atoms with Crippen LogP contribution in [0.3, 0.4) is 0 Å². The summed E-state index contributed by atoms with van der Waals surface area (Å²) in [6.45, 7) is 2.57. The molecule has 90 valence electrons. The Balaban J connectivity index is 2.20. The third-order valence-corrected chi connectivity index (χ3v) is 2.99. The summed E-state index contributed by atoms with van der Waals surface area (Å²) in [5.74, 6) is 0.838. The third-order valence-electron chi connectivity index (χ3n) is 2.99. The van der Waals surface area contributed by atoms with Crippen LogP contribution in [0.1, 0.15) is 11.6 Å². The second-order valence-electron chi connectivity index (χ2n) is 4.00. The average molecular weight is 232 g/mol. The van der Waals surface area contributed by atoms with Crippen LogP contribution in [0.2, 0.25) is 0 Å². The van der Waals surface area contributed by atoms with E-state index in [1.165, 1.54) is 0 Å². The predicted octanol–water partition coefficient (Wildman–Crippen LogP) is 1.59. The Morgan fingerprint density at radius 1 is 1.59 bits per heavy atom. The van der Waals surface area contributed by atoms with Gasteiger partial charge >= 0.3 is 0 Å². The van der Waals surface area contributed by atoms with Gasteiger partial charge in [0.25, 0.3) is 0 Å². The number of hydrogen-bond acceptors (Lipinski definition) is 4. The molecule has 4 nitrogen and oxygen atoms in total. The number of nitrogens with zero attached hydrogens (tertiary/aromatic N) is 2. The molecule has 1 aliphatic heterocycles. The average Bonchev–Trinajstić information content (AvgIpc) is 2.40. The summed E-state index contributed by atoms with van der Waals surface area (Å²) < 4.78 is 10.7. The molecule has 0 aliphatic carbocycles. The fourth-order valence-corrected chi connectivity index (χ4v) is 2.07. The fraction of sp³-hybridized carbons (Fsp3) is 0.462. The van der Waals surface area contributed by atoms with Gasteiger partial charge < -0.3 is 9.47 Å². The fourth-order valence-electron chi connectivity index (χ4n) is 2.07. The summed E-state index contributed by atoms with van der Waals surface area (Å²) in [7, 11) is 1.66. The second-order valence-corrected chi connectivity index (χ2v) is 4.00. The highest BCUT2D eigenvalue weighted by Gasteiger charge is 2.24. The number of morpholine rings is 1. The lowest BCUT2D eigenvalue weighted by Gasteiger charge is -2.34. The summed E-state index contributed by atoms with van der Waals surface area (Å²) in [4.78, 5) is 2.14. The summed E-state index contributed by atoms with van der Waals surface area (Å²) in [6.07, 6.45) is 0. The van der Waals surface area contributed by atoms with Gasteiger partial charge in [-0.2, -0.15) is 5.26 Å². The Morgan fingerprint density at radius 3 is 3.24 bits per heavy atom. The van der Waals surface area contributed by atoms with Crippen LogP contribution in [-0.2, 0) is 4.74 Å². The zero-order valence-electron chi connectivity index (χ0n) is 9.93. The molecule has 1 saturated heterocycles. The number of rotatable bonds is 3. The minimum atomic E-state index is 0.151. The molecule has 4 heteroatoms. The van der Waals surface area contributed by atoms with E-state index >= 15 is 0 Å². The highest BCUT2D eigenvalue weighted by atomic mass is 16.5. The first kappa shape index (κ1) is 11.9. The smallest absolute Gasteiger partial charge is 0.119 e. The van der Waals surface area contributed by atoms with Crippen LogP contribution in [0.15, 0.2) is 24.3 Å². The molecule has 17 heavy (non-hydrogen) atoms. The van der Waals surface area contributed by atoms with Crippen LogP contribution in [0.4, 0.5) is 0 Å². The molecule has 0 amide bonds. The molecule has 0 spiro atoms. The Bertz CT molecular complexity index is 414. The number of hydrogen-bond donors (Lipinski definition) is 0. The minimum absolute atomic E-state index is 0.151. The number of methoxy groups -OCH3 is 1. The monoisotopic (exact) mass is 232 g/mol. The maximum atomic E-state index is 8.83. The molecule has 1 aromatic carbocycles. The highest BCUT2D eigenvalue weighted by molar-refractivity contribution is 5.31.